The Kier molecular flexibility index (Phi) is 33.9. The van der Waals surface area contributed by atoms with E-state index >= 15 is 0 Å². The summed E-state index contributed by atoms with van der Waals surface area (Å²) in [5.74, 6) is 2.91. The van der Waals surface area contributed by atoms with E-state index < -0.39 is 0 Å². The van der Waals surface area contributed by atoms with Crippen molar-refractivity contribution in [1.29, 1.82) is 0 Å². The minimum Gasteiger partial charge on any atom is -0.385 e. The Morgan fingerprint density at radius 3 is 1.01 bits per heavy atom. The fourth-order valence-corrected chi connectivity index (χ4v) is 17.3. The van der Waals surface area contributed by atoms with Gasteiger partial charge >= 0.3 is 0 Å². The molecule has 8 aliphatic rings. The van der Waals surface area contributed by atoms with E-state index in [-0.39, 0.29) is 64.9 Å². The van der Waals surface area contributed by atoms with Gasteiger partial charge < -0.3 is 61.6 Å². The molecule has 1 saturated carbocycles. The zero-order valence-corrected chi connectivity index (χ0v) is 71.5. The van der Waals surface area contributed by atoms with Gasteiger partial charge in [-0.15, -0.1) is 0 Å². The number of carbonyl (C=O) groups excluding carboxylic acids is 5. The molecular formula is C94H115Cl4N13O8. The molecule has 0 bridgehead atoms. The second-order valence-corrected chi connectivity index (χ2v) is 34.4. The maximum Gasteiger partial charge on any atom is 0.219 e. The first-order valence-electron chi connectivity index (χ1n) is 43.0. The van der Waals surface area contributed by atoms with Crippen LogP contribution in [0.25, 0.3) is 44.5 Å². The number of halogens is 4. The number of amides is 1. The van der Waals surface area contributed by atoms with E-state index in [1.165, 1.54) is 12.8 Å². The summed E-state index contributed by atoms with van der Waals surface area (Å²) in [5.41, 5.74) is 15.0. The van der Waals surface area contributed by atoms with Gasteiger partial charge in [0.05, 0.1) is 52.1 Å². The Balaban J connectivity index is 0.000000138. The lowest BCUT2D eigenvalue weighted by Crippen LogP contribution is -2.38. The normalized spacial score (nSPS) is 20.7. The third-order valence-corrected chi connectivity index (χ3v) is 24.9. The molecule has 0 radical (unpaired) electrons. The molecule has 4 aromatic heterocycles. The van der Waals surface area contributed by atoms with Gasteiger partial charge in [0.1, 0.15) is 23.1 Å². The van der Waals surface area contributed by atoms with E-state index in [9.17, 15) is 24.0 Å². The van der Waals surface area contributed by atoms with Gasteiger partial charge in [-0.3, -0.25) is 43.9 Å². The van der Waals surface area contributed by atoms with Crippen LogP contribution in [0, 0.1) is 35.5 Å². The standard InChI is InChI=1S/C26H33ClN4O2.C23H28ClN3O3.C23H28ClN3O2.C22H26ClN3O/c1-18(32)31-10-7-19(8-11-31)15-29-22-6-2-4-20(12-22)24-13-23(30-17-25(24)27)14-26(33)21-5-3-9-28-16-21;24-22-14-27-19(11-23(28)17-4-2-6-25-12-17)10-21(22)16-3-1-5-18(9-16)26-13-20-15-29-7-8-30-20;24-22-15-27-19(12-23(28)17-5-2-8-25-13-17)11-21(22)16-4-1-6-18(10-16)26-14-20-7-3-9-29-20;23-21-14-26-19(11-22(27)17-4-2-8-24-13-17)10-20(21)16-3-1-5-18(9-16)25-12-15-6-7-15/h2,4,6,12-13,17,19,21,28-29H,3,5,7-11,14-16H2,1H3;1,3,5,9-10,14,17,20,25-26H,2,4,6-8,11-13,15H2;1,4,6,10-11,15,17,20,25-26H,2-3,5,7-9,12-14H2;1,3,5,9-10,14-15,17,24-25H,2,4,6-8,11-13H2/t21-;2*17-,20?;17-/m1111/s1. The predicted octanol–water partition coefficient (Wildman–Crippen LogP) is 16.0. The Bertz CT molecular complexity index is 4660. The number of nitrogens with one attached hydrogen (secondary N) is 8. The molecule has 1 aliphatic carbocycles. The minimum absolute atomic E-state index is 0.0545. The van der Waals surface area contributed by atoms with Crippen molar-refractivity contribution < 1.29 is 38.2 Å². The molecule has 21 nitrogen and oxygen atoms in total. The highest BCUT2D eigenvalue weighted by Gasteiger charge is 2.29. The minimum atomic E-state index is 0.0545. The quantitative estimate of drug-likeness (QED) is 0.0227. The molecular weight excluding hydrogens is 1580 g/mol. The van der Waals surface area contributed by atoms with Crippen molar-refractivity contribution in [3.05, 3.63) is 189 Å². The highest BCUT2D eigenvalue weighted by molar-refractivity contribution is 6.34. The molecule has 7 saturated heterocycles. The number of likely N-dealkylation sites (tertiary alicyclic amines) is 1. The highest BCUT2D eigenvalue weighted by Crippen LogP contribution is 2.37. The monoisotopic (exact) mass is 1690 g/mol. The SMILES string of the molecule is CC(=O)N1CCC(CNc2cccc(-c3cc(CC(=O)[C@@H]4CCCNC4)ncc3Cl)c2)CC1.O=C(Cc1cc(-c2cccc(NCC3CC3)c2)c(Cl)cn1)[C@@H]1CCCNC1.O=C(Cc1cc(-c2cccc(NCC3CCCO3)c2)c(Cl)cn1)[C@@H]1CCCNC1.O=C(Cc1cc(-c2cccc(NCC3COCCO3)c2)c(Cl)cn1)[C@@H]1CCCNC1. The number of rotatable bonds is 28. The summed E-state index contributed by atoms with van der Waals surface area (Å²) >= 11 is 25.8. The van der Waals surface area contributed by atoms with Crippen LogP contribution in [0.4, 0.5) is 22.7 Å². The first-order chi connectivity index (χ1) is 58.1. The zero-order valence-electron chi connectivity index (χ0n) is 68.4. The third kappa shape index (κ3) is 27.4. The van der Waals surface area contributed by atoms with E-state index in [0.29, 0.717) is 78.1 Å². The van der Waals surface area contributed by atoms with Gasteiger partial charge in [-0.05, 0) is 223 Å². The first-order valence-corrected chi connectivity index (χ1v) is 44.5. The number of hydrogen-bond acceptors (Lipinski definition) is 20. The first kappa shape index (κ1) is 88.5. The van der Waals surface area contributed by atoms with Gasteiger partial charge in [0, 0.05) is 221 Å². The molecule has 16 rings (SSSR count). The van der Waals surface area contributed by atoms with E-state index in [4.69, 9.17) is 60.6 Å². The summed E-state index contributed by atoms with van der Waals surface area (Å²) < 4.78 is 16.8. The van der Waals surface area contributed by atoms with E-state index in [0.717, 1.165) is 265 Å². The van der Waals surface area contributed by atoms with Gasteiger partial charge in [-0.2, -0.15) is 0 Å². The number of pyridine rings is 4. The maximum absolute atomic E-state index is 12.7. The van der Waals surface area contributed by atoms with Gasteiger partial charge in [0.25, 0.3) is 0 Å². The number of aromatic nitrogens is 4. The summed E-state index contributed by atoms with van der Waals surface area (Å²) in [6, 6.07) is 40.6. The second kappa shape index (κ2) is 45.6. The fraction of sp³-hybridized carbons (Fsp3) is 0.479. The Hall–Kier alpha value is -8.29. The summed E-state index contributed by atoms with van der Waals surface area (Å²) in [4.78, 5) is 81.6. The molecule has 119 heavy (non-hydrogen) atoms. The second-order valence-electron chi connectivity index (χ2n) is 32.8. The predicted molar refractivity (Wildman–Crippen MR) is 477 cm³/mol. The van der Waals surface area contributed by atoms with Crippen LogP contribution in [0.3, 0.4) is 0 Å². The van der Waals surface area contributed by atoms with Crippen molar-refractivity contribution in [2.75, 3.05) is 139 Å². The van der Waals surface area contributed by atoms with Crippen LogP contribution in [0.15, 0.2) is 146 Å². The topological polar surface area (TPSA) is 264 Å². The van der Waals surface area contributed by atoms with Crippen molar-refractivity contribution in [1.82, 2.24) is 46.1 Å². The number of carbonyl (C=O) groups is 5. The molecule has 1 amide bonds. The average molecular weight is 1700 g/mol. The lowest BCUT2D eigenvalue weighted by atomic mass is 9.92. The smallest absolute Gasteiger partial charge is 0.219 e. The molecule has 7 aliphatic heterocycles. The summed E-state index contributed by atoms with van der Waals surface area (Å²) in [6.07, 6.45) is 23.4. The molecule has 0 spiro atoms. The summed E-state index contributed by atoms with van der Waals surface area (Å²) in [7, 11) is 0. The Morgan fingerprint density at radius 2 is 0.714 bits per heavy atom. The van der Waals surface area contributed by atoms with Gasteiger partial charge in [-0.1, -0.05) is 94.9 Å². The van der Waals surface area contributed by atoms with Crippen LogP contribution in [-0.4, -0.2) is 184 Å². The Labute approximate surface area is 720 Å². The lowest BCUT2D eigenvalue weighted by molar-refractivity contribution is -0.130. The van der Waals surface area contributed by atoms with E-state index in [1.54, 1.807) is 31.7 Å². The number of ketones is 4. The Morgan fingerprint density at radius 1 is 0.387 bits per heavy atom. The van der Waals surface area contributed by atoms with Crippen molar-refractivity contribution >= 4 is 98.2 Å². The van der Waals surface area contributed by atoms with Crippen LogP contribution in [0.5, 0.6) is 0 Å². The van der Waals surface area contributed by atoms with Crippen molar-refractivity contribution in [3.63, 3.8) is 0 Å². The van der Waals surface area contributed by atoms with E-state index in [2.05, 4.69) is 105 Å². The molecule has 11 heterocycles. The number of anilines is 4. The lowest BCUT2D eigenvalue weighted by Gasteiger charge is -2.31. The van der Waals surface area contributed by atoms with Crippen LogP contribution in [-0.2, 0) is 63.9 Å². The van der Waals surface area contributed by atoms with Crippen LogP contribution in [0.1, 0.15) is 120 Å². The number of hydrogen-bond donors (Lipinski definition) is 8. The molecule has 8 aromatic rings. The van der Waals surface area contributed by atoms with Crippen molar-refractivity contribution in [2.45, 2.75) is 135 Å². The number of piperidine rings is 5. The van der Waals surface area contributed by atoms with Crippen LogP contribution in [0.2, 0.25) is 20.1 Å². The number of Topliss-reactive ketones (excluding diaryl/α,β-unsaturated/α-hetero) is 4. The average Bonchev–Trinajstić information content (AvgIpc) is 1.71. The molecule has 25 heteroatoms. The van der Waals surface area contributed by atoms with Crippen LogP contribution >= 0.6 is 46.4 Å². The fourth-order valence-electron chi connectivity index (χ4n) is 16.4. The highest BCUT2D eigenvalue weighted by atomic mass is 35.5. The van der Waals surface area contributed by atoms with Gasteiger partial charge in [-0.25, -0.2) is 0 Å². The molecule has 4 aromatic carbocycles. The molecule has 632 valence electrons. The maximum atomic E-state index is 12.7. The van der Waals surface area contributed by atoms with Gasteiger partial charge in [0.15, 0.2) is 0 Å². The molecule has 6 atom stereocenters. The van der Waals surface area contributed by atoms with Crippen molar-refractivity contribution in [3.8, 4) is 44.5 Å². The number of nitrogens with zero attached hydrogens (tertiary/aromatic N) is 5. The third-order valence-electron chi connectivity index (χ3n) is 23.7. The largest absolute Gasteiger partial charge is 0.385 e. The van der Waals surface area contributed by atoms with Crippen LogP contribution < -0.4 is 42.5 Å². The van der Waals surface area contributed by atoms with E-state index in [1.807, 2.05) is 83.8 Å². The molecule has 2 unspecified atom stereocenters. The summed E-state index contributed by atoms with van der Waals surface area (Å²) in [6.45, 7) is 16.6. The molecule has 8 N–H and O–H groups in total. The number of benzene rings is 4. The van der Waals surface area contributed by atoms with Gasteiger partial charge in [0.2, 0.25) is 5.91 Å². The number of ether oxygens (including phenoxy) is 3. The molecule has 8 fully saturated rings. The van der Waals surface area contributed by atoms with Crippen molar-refractivity contribution in [2.24, 2.45) is 35.5 Å². The summed E-state index contributed by atoms with van der Waals surface area (Å²) in [5, 5.41) is 29.5. The zero-order chi connectivity index (χ0) is 82.7.